The van der Waals surface area contributed by atoms with Crippen LogP contribution >= 0.6 is 0 Å². The first-order chi connectivity index (χ1) is 14.3. The average Bonchev–Trinajstić information content (AvgIpc) is 2.65. The summed E-state index contributed by atoms with van der Waals surface area (Å²) in [5.74, 6) is -6.84. The molecule has 4 unspecified atom stereocenters. The molecule has 0 saturated heterocycles. The summed E-state index contributed by atoms with van der Waals surface area (Å²) in [5, 5.41) is 33.7. The molecule has 0 aromatic rings. The smallest absolute Gasteiger partial charge is 0.326 e. The molecule has 0 bridgehead atoms. The SMILES string of the molecule is CC(C)C(NC(=O)C(N)CC(N)=O)C(=O)NC(CO)C(=O)NC(CCC(=O)O)C(=O)O. The van der Waals surface area contributed by atoms with Gasteiger partial charge in [-0.05, 0) is 12.3 Å². The Morgan fingerprint density at radius 1 is 0.871 bits per heavy atom. The van der Waals surface area contributed by atoms with Crippen molar-refractivity contribution in [3.05, 3.63) is 0 Å². The molecule has 4 atom stereocenters. The van der Waals surface area contributed by atoms with E-state index in [2.05, 4.69) is 10.6 Å². The first kappa shape index (κ1) is 27.7. The van der Waals surface area contributed by atoms with Gasteiger partial charge >= 0.3 is 11.9 Å². The number of nitrogens with one attached hydrogen (secondary N) is 3. The van der Waals surface area contributed by atoms with Crippen molar-refractivity contribution in [1.29, 1.82) is 0 Å². The minimum atomic E-state index is -1.57. The van der Waals surface area contributed by atoms with Gasteiger partial charge in [-0.3, -0.25) is 24.0 Å². The summed E-state index contributed by atoms with van der Waals surface area (Å²) >= 11 is 0. The molecule has 0 heterocycles. The summed E-state index contributed by atoms with van der Waals surface area (Å²) < 4.78 is 0. The number of nitrogens with two attached hydrogens (primary N) is 2. The van der Waals surface area contributed by atoms with E-state index in [4.69, 9.17) is 21.7 Å². The van der Waals surface area contributed by atoms with Gasteiger partial charge in [0.2, 0.25) is 23.6 Å². The molecule has 0 aliphatic rings. The van der Waals surface area contributed by atoms with E-state index in [1.165, 1.54) is 0 Å². The third-order valence-electron chi connectivity index (χ3n) is 4.08. The molecule has 0 aliphatic carbocycles. The highest BCUT2D eigenvalue weighted by atomic mass is 16.4. The monoisotopic (exact) mass is 447 g/mol. The molecule has 14 nitrogen and oxygen atoms in total. The first-order valence-electron chi connectivity index (χ1n) is 9.30. The molecule has 0 fully saturated rings. The Morgan fingerprint density at radius 2 is 1.42 bits per heavy atom. The standard InChI is InChI=1S/C17H29N5O9/c1-7(2)13(22-14(27)8(18)5-11(19)24)16(29)21-10(6-23)15(28)20-9(17(30)31)3-4-12(25)26/h7-10,13,23H,3-6,18H2,1-2H3,(H2,19,24)(H,20,28)(H,21,29)(H,22,27)(H,25,26)(H,30,31). The van der Waals surface area contributed by atoms with Crippen LogP contribution in [-0.2, 0) is 28.8 Å². The van der Waals surface area contributed by atoms with E-state index in [9.17, 15) is 33.9 Å². The third kappa shape index (κ3) is 10.4. The normalized spacial score (nSPS) is 14.6. The van der Waals surface area contributed by atoms with E-state index in [1.54, 1.807) is 13.8 Å². The maximum atomic E-state index is 12.5. The topological polar surface area (TPSA) is 251 Å². The fraction of sp³-hybridized carbons (Fsp3) is 0.647. The Hall–Kier alpha value is -3.26. The van der Waals surface area contributed by atoms with Crippen LogP contribution in [-0.4, -0.2) is 81.7 Å². The number of aliphatic hydroxyl groups excluding tert-OH is 1. The minimum absolute atomic E-state index is 0.412. The third-order valence-corrected chi connectivity index (χ3v) is 4.08. The van der Waals surface area contributed by atoms with E-state index >= 15 is 0 Å². The van der Waals surface area contributed by atoms with E-state index < -0.39 is 91.5 Å². The Morgan fingerprint density at radius 3 is 1.84 bits per heavy atom. The van der Waals surface area contributed by atoms with Crippen LogP contribution in [0.25, 0.3) is 0 Å². The Balaban J connectivity index is 5.17. The highest BCUT2D eigenvalue weighted by Crippen LogP contribution is 2.05. The molecule has 0 rings (SSSR count). The molecule has 14 heteroatoms. The van der Waals surface area contributed by atoms with Crippen LogP contribution < -0.4 is 27.4 Å². The number of rotatable bonds is 14. The predicted octanol–water partition coefficient (Wildman–Crippen LogP) is -3.76. The van der Waals surface area contributed by atoms with Gasteiger partial charge < -0.3 is 42.7 Å². The van der Waals surface area contributed by atoms with Crippen molar-refractivity contribution in [2.45, 2.75) is 57.3 Å². The van der Waals surface area contributed by atoms with Crippen molar-refractivity contribution in [2.75, 3.05) is 6.61 Å². The van der Waals surface area contributed by atoms with Crippen molar-refractivity contribution in [3.63, 3.8) is 0 Å². The number of carboxylic acid groups (broad SMARTS) is 2. The van der Waals surface area contributed by atoms with Crippen molar-refractivity contribution in [1.82, 2.24) is 16.0 Å². The number of aliphatic carboxylic acids is 2. The first-order valence-corrected chi connectivity index (χ1v) is 9.30. The van der Waals surface area contributed by atoms with Crippen LogP contribution in [0.1, 0.15) is 33.1 Å². The second-order valence-corrected chi connectivity index (χ2v) is 7.08. The summed E-state index contributed by atoms with van der Waals surface area (Å²) in [4.78, 5) is 69.5. The molecule has 0 radical (unpaired) electrons. The van der Waals surface area contributed by atoms with Crippen molar-refractivity contribution in [3.8, 4) is 0 Å². The lowest BCUT2D eigenvalue weighted by molar-refractivity contribution is -0.143. The summed E-state index contributed by atoms with van der Waals surface area (Å²) in [6.45, 7) is 2.25. The van der Waals surface area contributed by atoms with Gasteiger partial charge in [-0.15, -0.1) is 0 Å². The van der Waals surface area contributed by atoms with Crippen molar-refractivity contribution >= 4 is 35.6 Å². The van der Waals surface area contributed by atoms with Crippen LogP contribution in [0.2, 0.25) is 0 Å². The zero-order valence-electron chi connectivity index (χ0n) is 17.2. The second-order valence-electron chi connectivity index (χ2n) is 7.08. The van der Waals surface area contributed by atoms with Gasteiger partial charge in [0.15, 0.2) is 0 Å². The fourth-order valence-electron chi connectivity index (χ4n) is 2.36. The lowest BCUT2D eigenvalue weighted by atomic mass is 10.0. The number of primary amides is 1. The van der Waals surface area contributed by atoms with Crippen LogP contribution in [0.15, 0.2) is 0 Å². The van der Waals surface area contributed by atoms with E-state index in [1.807, 2.05) is 5.32 Å². The lowest BCUT2D eigenvalue weighted by Gasteiger charge is -2.26. The molecule has 176 valence electrons. The molecule has 0 saturated carbocycles. The maximum absolute atomic E-state index is 12.5. The largest absolute Gasteiger partial charge is 0.481 e. The van der Waals surface area contributed by atoms with Crippen LogP contribution in [0.5, 0.6) is 0 Å². The Bertz CT molecular complexity index is 697. The molecule has 31 heavy (non-hydrogen) atoms. The number of carbonyl (C=O) groups is 6. The number of carbonyl (C=O) groups excluding carboxylic acids is 4. The van der Waals surface area contributed by atoms with E-state index in [-0.39, 0.29) is 0 Å². The molecular weight excluding hydrogens is 418 g/mol. The molecule has 0 aromatic carbocycles. The fourth-order valence-corrected chi connectivity index (χ4v) is 2.36. The maximum Gasteiger partial charge on any atom is 0.326 e. The Labute approximate surface area is 177 Å². The van der Waals surface area contributed by atoms with Crippen LogP contribution in [0.3, 0.4) is 0 Å². The molecule has 0 spiro atoms. The van der Waals surface area contributed by atoms with Crippen molar-refractivity contribution < 1.29 is 44.1 Å². The zero-order valence-corrected chi connectivity index (χ0v) is 17.2. The van der Waals surface area contributed by atoms with E-state index in [0.717, 1.165) is 0 Å². The number of aliphatic hydroxyl groups is 1. The quantitative estimate of drug-likeness (QED) is 0.129. The number of hydrogen-bond donors (Lipinski definition) is 8. The summed E-state index contributed by atoms with van der Waals surface area (Å²) in [5.41, 5.74) is 10.5. The van der Waals surface area contributed by atoms with Crippen molar-refractivity contribution in [2.24, 2.45) is 17.4 Å². The summed E-state index contributed by atoms with van der Waals surface area (Å²) in [6, 6.07) is -5.62. The van der Waals surface area contributed by atoms with Gasteiger partial charge in [-0.1, -0.05) is 13.8 Å². The van der Waals surface area contributed by atoms with Gasteiger partial charge in [-0.25, -0.2) is 4.79 Å². The van der Waals surface area contributed by atoms with Gasteiger partial charge in [0.05, 0.1) is 19.1 Å². The Kier molecular flexibility index (Phi) is 11.7. The number of amides is 4. The molecule has 0 aliphatic heterocycles. The predicted molar refractivity (Wildman–Crippen MR) is 104 cm³/mol. The van der Waals surface area contributed by atoms with Gasteiger partial charge in [0, 0.05) is 6.42 Å². The number of carboxylic acids is 2. The summed E-state index contributed by atoms with van der Waals surface area (Å²) in [7, 11) is 0. The molecule has 0 aromatic heterocycles. The highest BCUT2D eigenvalue weighted by molar-refractivity contribution is 5.95. The minimum Gasteiger partial charge on any atom is -0.481 e. The van der Waals surface area contributed by atoms with Gasteiger partial charge in [-0.2, -0.15) is 0 Å². The van der Waals surface area contributed by atoms with Gasteiger partial charge in [0.25, 0.3) is 0 Å². The molecule has 10 N–H and O–H groups in total. The molecule has 4 amide bonds. The van der Waals surface area contributed by atoms with Gasteiger partial charge in [0.1, 0.15) is 18.1 Å². The average molecular weight is 447 g/mol. The van der Waals surface area contributed by atoms with E-state index in [0.29, 0.717) is 0 Å². The van der Waals surface area contributed by atoms with Crippen LogP contribution in [0, 0.1) is 5.92 Å². The molecular formula is C17H29N5O9. The number of hydrogen-bond acceptors (Lipinski definition) is 8. The zero-order chi connectivity index (χ0) is 24.3. The van der Waals surface area contributed by atoms with Crippen LogP contribution in [0.4, 0.5) is 0 Å². The highest BCUT2D eigenvalue weighted by Gasteiger charge is 2.31. The second kappa shape index (κ2) is 13.1. The summed E-state index contributed by atoms with van der Waals surface area (Å²) in [6.07, 6.45) is -1.39. The lowest BCUT2D eigenvalue weighted by Crippen LogP contribution is -2.59.